The molecule has 0 N–H and O–H groups in total. The van der Waals surface area contributed by atoms with Crippen LogP contribution in [0.1, 0.15) is 20.3 Å². The van der Waals surface area contributed by atoms with Crippen molar-refractivity contribution in [1.29, 1.82) is 0 Å². The number of hydrogen-bond acceptors (Lipinski definition) is 3. The van der Waals surface area contributed by atoms with E-state index in [0.717, 1.165) is 0 Å². The van der Waals surface area contributed by atoms with Gasteiger partial charge in [0.2, 0.25) is 0 Å². The van der Waals surface area contributed by atoms with E-state index in [2.05, 4.69) is 0 Å². The van der Waals surface area contributed by atoms with Crippen molar-refractivity contribution in [1.82, 2.24) is 0 Å². The van der Waals surface area contributed by atoms with Gasteiger partial charge in [-0.2, -0.15) is 0 Å². The van der Waals surface area contributed by atoms with E-state index < -0.39 is 15.6 Å². The summed E-state index contributed by atoms with van der Waals surface area (Å²) in [6, 6.07) is 4.17. The largest absolute Gasteiger partial charge is 0.298 e. The van der Waals surface area contributed by atoms with E-state index in [4.69, 9.17) is 23.2 Å². The molecule has 1 aromatic rings. The first kappa shape index (κ1) is 15.5. The Hall–Kier alpha value is -0.580. The molecule has 0 aliphatic rings. The van der Waals surface area contributed by atoms with Crippen molar-refractivity contribution in [2.24, 2.45) is 5.92 Å². The van der Waals surface area contributed by atoms with Crippen molar-refractivity contribution in [3.8, 4) is 0 Å². The first-order valence-electron chi connectivity index (χ1n) is 5.48. The molecule has 0 fully saturated rings. The number of rotatable bonds is 5. The number of carbonyl (C=O) groups is 1. The molecule has 1 atom stereocenters. The maximum atomic E-state index is 12.1. The minimum absolute atomic E-state index is 0.0800. The summed E-state index contributed by atoms with van der Waals surface area (Å²) < 4.78 is 24.1. The maximum absolute atomic E-state index is 12.1. The van der Waals surface area contributed by atoms with Gasteiger partial charge in [-0.25, -0.2) is 8.42 Å². The molecule has 0 radical (unpaired) electrons. The van der Waals surface area contributed by atoms with Gasteiger partial charge in [0.1, 0.15) is 5.75 Å². The topological polar surface area (TPSA) is 51.2 Å². The fourth-order valence-corrected chi connectivity index (χ4v) is 3.54. The Balaban J connectivity index is 3.07. The first-order valence-corrected chi connectivity index (χ1v) is 7.89. The third kappa shape index (κ3) is 3.70. The van der Waals surface area contributed by atoms with Crippen LogP contribution in [-0.4, -0.2) is 20.0 Å². The van der Waals surface area contributed by atoms with E-state index >= 15 is 0 Å². The Morgan fingerprint density at radius 1 is 1.33 bits per heavy atom. The fourth-order valence-electron chi connectivity index (χ4n) is 1.35. The lowest BCUT2D eigenvalue weighted by atomic mass is 10.1. The first-order chi connectivity index (χ1) is 8.27. The molecule has 1 rings (SSSR count). The summed E-state index contributed by atoms with van der Waals surface area (Å²) in [5, 5.41) is 0.352. The van der Waals surface area contributed by atoms with E-state index in [1.165, 1.54) is 18.2 Å². The molecule has 0 spiro atoms. The predicted molar refractivity (Wildman–Crippen MR) is 73.0 cm³/mol. The van der Waals surface area contributed by atoms with E-state index in [9.17, 15) is 13.2 Å². The van der Waals surface area contributed by atoms with Gasteiger partial charge >= 0.3 is 0 Å². The lowest BCUT2D eigenvalue weighted by Gasteiger charge is -2.09. The monoisotopic (exact) mass is 308 g/mol. The lowest BCUT2D eigenvalue weighted by molar-refractivity contribution is -0.119. The summed E-state index contributed by atoms with van der Waals surface area (Å²) in [6.45, 7) is 3.54. The average Bonchev–Trinajstić information content (AvgIpc) is 2.30. The van der Waals surface area contributed by atoms with Gasteiger partial charge in [-0.1, -0.05) is 37.0 Å². The maximum Gasteiger partial charge on any atom is 0.186 e. The average molecular weight is 309 g/mol. The number of benzene rings is 1. The molecule has 0 saturated heterocycles. The summed E-state index contributed by atoms with van der Waals surface area (Å²) in [6.07, 6.45) is 0.609. The van der Waals surface area contributed by atoms with Crippen LogP contribution in [0.4, 0.5) is 0 Å². The van der Waals surface area contributed by atoms with Crippen molar-refractivity contribution in [2.75, 3.05) is 5.75 Å². The summed E-state index contributed by atoms with van der Waals surface area (Å²) in [7, 11) is -3.73. The Labute approximate surface area is 117 Å². The van der Waals surface area contributed by atoms with Gasteiger partial charge in [0.05, 0.1) is 9.92 Å². The van der Waals surface area contributed by atoms with Gasteiger partial charge in [-0.05, 0) is 24.6 Å². The van der Waals surface area contributed by atoms with Crippen LogP contribution in [0.25, 0.3) is 0 Å². The van der Waals surface area contributed by atoms with E-state index in [1.807, 2.05) is 6.92 Å². The van der Waals surface area contributed by atoms with Crippen molar-refractivity contribution in [3.63, 3.8) is 0 Å². The third-order valence-electron chi connectivity index (χ3n) is 2.72. The number of carbonyl (C=O) groups excluding carboxylic acids is 1. The van der Waals surface area contributed by atoms with Crippen LogP contribution in [0.3, 0.4) is 0 Å². The number of hydrogen-bond donors (Lipinski definition) is 0. The Morgan fingerprint density at radius 3 is 2.50 bits per heavy atom. The zero-order valence-corrected chi connectivity index (χ0v) is 12.4. The third-order valence-corrected chi connectivity index (χ3v) is 5.07. The zero-order chi connectivity index (χ0) is 13.9. The van der Waals surface area contributed by atoms with Crippen LogP contribution in [0, 0.1) is 5.92 Å². The summed E-state index contributed by atoms with van der Waals surface area (Å²) in [5.74, 6) is -1.13. The van der Waals surface area contributed by atoms with E-state index in [1.54, 1.807) is 6.92 Å². The van der Waals surface area contributed by atoms with Crippen molar-refractivity contribution in [3.05, 3.63) is 28.2 Å². The number of ketones is 1. The van der Waals surface area contributed by atoms with Gasteiger partial charge < -0.3 is 0 Å². The minimum Gasteiger partial charge on any atom is -0.298 e. The highest BCUT2D eigenvalue weighted by atomic mass is 35.5. The molecule has 0 bridgehead atoms. The quantitative estimate of drug-likeness (QED) is 0.838. The highest BCUT2D eigenvalue weighted by Crippen LogP contribution is 2.26. The molecule has 0 amide bonds. The van der Waals surface area contributed by atoms with Gasteiger partial charge in [-0.3, -0.25) is 4.79 Å². The Bertz CT molecular complexity index is 552. The molecule has 0 saturated carbocycles. The molecule has 1 aromatic carbocycles. The SMILES string of the molecule is CCC(C)C(=O)CS(=O)(=O)c1cc(Cl)ccc1Cl. The molecule has 1 unspecified atom stereocenters. The van der Waals surface area contributed by atoms with Crippen LogP contribution in [-0.2, 0) is 14.6 Å². The van der Waals surface area contributed by atoms with Gasteiger partial charge in [0, 0.05) is 10.9 Å². The van der Waals surface area contributed by atoms with Crippen LogP contribution >= 0.6 is 23.2 Å². The molecule has 0 aliphatic carbocycles. The van der Waals surface area contributed by atoms with Crippen LogP contribution in [0.5, 0.6) is 0 Å². The molecule has 100 valence electrons. The number of Topliss-reactive ketones (excluding diaryl/α,β-unsaturated/α-hetero) is 1. The van der Waals surface area contributed by atoms with Crippen LogP contribution < -0.4 is 0 Å². The molecule has 0 aliphatic heterocycles. The van der Waals surface area contributed by atoms with Crippen LogP contribution in [0.15, 0.2) is 23.1 Å². The standard InChI is InChI=1S/C12H14Cl2O3S/c1-3-8(2)11(15)7-18(16,17)12-6-9(13)4-5-10(12)14/h4-6,8H,3,7H2,1-2H3. The summed E-state index contributed by atoms with van der Waals surface area (Å²) >= 11 is 11.6. The van der Waals surface area contributed by atoms with Gasteiger partial charge in [-0.15, -0.1) is 0 Å². The molecule has 18 heavy (non-hydrogen) atoms. The Morgan fingerprint density at radius 2 is 1.94 bits per heavy atom. The van der Waals surface area contributed by atoms with Crippen molar-refractivity contribution < 1.29 is 13.2 Å². The normalized spacial score (nSPS) is 13.3. The highest BCUT2D eigenvalue weighted by molar-refractivity contribution is 7.92. The molecule has 0 heterocycles. The number of sulfone groups is 1. The second-order valence-electron chi connectivity index (χ2n) is 4.11. The number of halogens is 2. The Kier molecular flexibility index (Phi) is 5.20. The molecule has 0 aromatic heterocycles. The zero-order valence-electron chi connectivity index (χ0n) is 10.1. The molecular formula is C12H14Cl2O3S. The smallest absolute Gasteiger partial charge is 0.186 e. The summed E-state index contributed by atoms with van der Waals surface area (Å²) in [5.41, 5.74) is 0. The second kappa shape index (κ2) is 6.04. The van der Waals surface area contributed by atoms with E-state index in [-0.39, 0.29) is 26.6 Å². The van der Waals surface area contributed by atoms with Crippen molar-refractivity contribution >= 4 is 38.8 Å². The summed E-state index contributed by atoms with van der Waals surface area (Å²) in [4.78, 5) is 11.6. The van der Waals surface area contributed by atoms with E-state index in [0.29, 0.717) is 6.42 Å². The predicted octanol–water partition coefficient (Wildman–Crippen LogP) is 3.38. The fraction of sp³-hybridized carbons (Fsp3) is 0.417. The second-order valence-corrected chi connectivity index (χ2v) is 6.91. The van der Waals surface area contributed by atoms with Crippen molar-refractivity contribution in [2.45, 2.75) is 25.2 Å². The molecular weight excluding hydrogens is 295 g/mol. The molecule has 3 nitrogen and oxygen atoms in total. The highest BCUT2D eigenvalue weighted by Gasteiger charge is 2.24. The molecule has 6 heteroatoms. The van der Waals surface area contributed by atoms with Gasteiger partial charge in [0.15, 0.2) is 15.6 Å². The minimum atomic E-state index is -3.73. The van der Waals surface area contributed by atoms with Gasteiger partial charge in [0.25, 0.3) is 0 Å². The van der Waals surface area contributed by atoms with Crippen LogP contribution in [0.2, 0.25) is 10.0 Å². The lowest BCUT2D eigenvalue weighted by Crippen LogP contribution is -2.22.